The monoisotopic (exact) mass is 612 g/mol. The molecule has 8 rings (SSSR count). The van der Waals surface area contributed by atoms with Gasteiger partial charge in [-0.15, -0.1) is 0 Å². The first-order valence-corrected chi connectivity index (χ1v) is 18.3. The van der Waals surface area contributed by atoms with Gasteiger partial charge in [0.1, 0.15) is 7.14 Å². The molecule has 0 spiro atoms. The van der Waals surface area contributed by atoms with Crippen LogP contribution < -0.4 is 10.6 Å². The summed E-state index contributed by atoms with van der Waals surface area (Å²) in [6, 6.07) is 58.2. The fourth-order valence-electron chi connectivity index (χ4n) is 7.95. The van der Waals surface area contributed by atoms with Crippen LogP contribution in [-0.2, 0) is 4.57 Å². The van der Waals surface area contributed by atoms with Crippen molar-refractivity contribution in [3.05, 3.63) is 169 Å². The van der Waals surface area contributed by atoms with Gasteiger partial charge in [-0.05, 0) is 74.5 Å². The zero-order valence-corrected chi connectivity index (χ0v) is 26.8. The highest BCUT2D eigenvalue weighted by atomic mass is 31.2. The highest BCUT2D eigenvalue weighted by Gasteiger charge is 2.39. The molecule has 224 valence electrons. The fraction of sp³-hybridized carbons (Fsp3) is 0.136. The van der Waals surface area contributed by atoms with Crippen LogP contribution in [0.2, 0.25) is 0 Å². The maximum absolute atomic E-state index is 15.3. The van der Waals surface area contributed by atoms with E-state index in [1.165, 1.54) is 49.4 Å². The zero-order chi connectivity index (χ0) is 30.9. The van der Waals surface area contributed by atoms with E-state index in [9.17, 15) is 0 Å². The molecule has 46 heavy (non-hydrogen) atoms. The molecule has 2 heteroatoms. The van der Waals surface area contributed by atoms with Gasteiger partial charge in [0.05, 0.1) is 0 Å². The SMILES string of the molecule is O=P(c1ccccc1)(c1ccccc1)C1CCCC(c2ccc3c(-c4ccccc4)c4ccccc4c(-c4ccccc4)c3c2)C1. The average Bonchev–Trinajstić information content (AvgIpc) is 3.14. The lowest BCUT2D eigenvalue weighted by Crippen LogP contribution is -2.29. The first kappa shape index (κ1) is 28.7. The molecule has 2 unspecified atom stereocenters. The largest absolute Gasteiger partial charge is 0.313 e. The van der Waals surface area contributed by atoms with Gasteiger partial charge in [0.25, 0.3) is 0 Å². The predicted octanol–water partition coefficient (Wildman–Crippen LogP) is 11.4. The first-order valence-electron chi connectivity index (χ1n) is 16.5. The van der Waals surface area contributed by atoms with Gasteiger partial charge in [0.2, 0.25) is 0 Å². The number of rotatable bonds is 6. The maximum Gasteiger partial charge on any atom is 0.146 e. The molecule has 0 radical (unpaired) electrons. The lowest BCUT2D eigenvalue weighted by Gasteiger charge is -2.36. The molecule has 1 aliphatic carbocycles. The number of hydrogen-bond donors (Lipinski definition) is 0. The van der Waals surface area contributed by atoms with Crippen LogP contribution in [0.25, 0.3) is 43.8 Å². The lowest BCUT2D eigenvalue weighted by molar-refractivity contribution is 0.439. The summed E-state index contributed by atoms with van der Waals surface area (Å²) in [7, 11) is -2.84. The van der Waals surface area contributed by atoms with E-state index in [-0.39, 0.29) is 5.66 Å². The molecule has 1 fully saturated rings. The Balaban J connectivity index is 1.30. The Kier molecular flexibility index (Phi) is 7.65. The topological polar surface area (TPSA) is 17.1 Å². The third-order valence-corrected chi connectivity index (χ3v) is 13.7. The standard InChI is InChI=1S/C44H37OP/c45-46(36-21-9-3-10-22-36,37-23-11-4-12-24-37)38-25-15-20-34(30-38)35-28-29-41-42(31-35)44(33-18-7-2-8-19-33)40-27-14-13-26-39(40)43(41)32-16-5-1-6-17-32/h1-14,16-19,21-24,26-29,31,34,38H,15,20,25,30H2. The third kappa shape index (κ3) is 5.00. The van der Waals surface area contributed by atoms with E-state index < -0.39 is 7.14 Å². The number of fused-ring (bicyclic) bond motifs is 2. The van der Waals surface area contributed by atoms with E-state index in [1.54, 1.807) is 0 Å². The summed E-state index contributed by atoms with van der Waals surface area (Å²) in [5, 5.41) is 7.08. The molecule has 0 heterocycles. The molecule has 1 saturated carbocycles. The van der Waals surface area contributed by atoms with Crippen molar-refractivity contribution >= 4 is 39.3 Å². The second-order valence-corrected chi connectivity index (χ2v) is 15.8. The molecule has 0 bridgehead atoms. The van der Waals surface area contributed by atoms with Gasteiger partial charge in [-0.2, -0.15) is 0 Å². The van der Waals surface area contributed by atoms with Crippen LogP contribution in [0.15, 0.2) is 164 Å². The minimum absolute atomic E-state index is 0.108. The summed E-state index contributed by atoms with van der Waals surface area (Å²) < 4.78 is 15.3. The van der Waals surface area contributed by atoms with Crippen molar-refractivity contribution in [1.82, 2.24) is 0 Å². The smallest absolute Gasteiger partial charge is 0.146 e. The van der Waals surface area contributed by atoms with Crippen LogP contribution in [0.5, 0.6) is 0 Å². The Morgan fingerprint density at radius 3 is 1.46 bits per heavy atom. The average molecular weight is 613 g/mol. The van der Waals surface area contributed by atoms with Crippen molar-refractivity contribution in [3.63, 3.8) is 0 Å². The van der Waals surface area contributed by atoms with Crippen LogP contribution >= 0.6 is 7.14 Å². The van der Waals surface area contributed by atoms with Crippen LogP contribution in [0.4, 0.5) is 0 Å². The Morgan fingerprint density at radius 1 is 0.457 bits per heavy atom. The predicted molar refractivity (Wildman–Crippen MR) is 197 cm³/mol. The quantitative estimate of drug-likeness (QED) is 0.135. The summed E-state index contributed by atoms with van der Waals surface area (Å²) in [4.78, 5) is 0. The van der Waals surface area contributed by atoms with Crippen LogP contribution in [-0.4, -0.2) is 5.66 Å². The van der Waals surface area contributed by atoms with Crippen molar-refractivity contribution < 1.29 is 4.57 Å². The van der Waals surface area contributed by atoms with E-state index in [0.717, 1.165) is 36.3 Å². The number of benzene rings is 7. The molecule has 2 atom stereocenters. The van der Waals surface area contributed by atoms with Gasteiger partial charge >= 0.3 is 0 Å². The van der Waals surface area contributed by atoms with Gasteiger partial charge in [-0.3, -0.25) is 0 Å². The molecular weight excluding hydrogens is 575 g/mol. The van der Waals surface area contributed by atoms with Crippen LogP contribution in [0.3, 0.4) is 0 Å². The van der Waals surface area contributed by atoms with E-state index in [4.69, 9.17) is 0 Å². The highest BCUT2D eigenvalue weighted by molar-refractivity contribution is 7.79. The molecule has 7 aromatic rings. The highest BCUT2D eigenvalue weighted by Crippen LogP contribution is 2.56. The minimum atomic E-state index is -2.84. The molecule has 1 nitrogen and oxygen atoms in total. The minimum Gasteiger partial charge on any atom is -0.313 e. The molecule has 0 aromatic heterocycles. The van der Waals surface area contributed by atoms with Crippen molar-refractivity contribution in [2.75, 3.05) is 0 Å². The van der Waals surface area contributed by atoms with E-state index in [0.29, 0.717) is 5.92 Å². The molecule has 7 aromatic carbocycles. The molecular formula is C44H37OP. The van der Waals surface area contributed by atoms with E-state index in [1.807, 2.05) is 36.4 Å². The fourth-order valence-corrected chi connectivity index (χ4v) is 11.4. The van der Waals surface area contributed by atoms with Crippen LogP contribution in [0.1, 0.15) is 37.2 Å². The Hall–Kier alpha value is -4.71. The maximum atomic E-state index is 15.3. The molecule has 0 N–H and O–H groups in total. The van der Waals surface area contributed by atoms with Gasteiger partial charge in [0, 0.05) is 16.3 Å². The van der Waals surface area contributed by atoms with E-state index >= 15 is 4.57 Å². The molecule has 0 aliphatic heterocycles. The van der Waals surface area contributed by atoms with E-state index in [2.05, 4.69) is 127 Å². The Morgan fingerprint density at radius 2 is 0.913 bits per heavy atom. The normalized spacial score (nSPS) is 16.9. The second-order valence-electron chi connectivity index (χ2n) is 12.7. The van der Waals surface area contributed by atoms with Crippen molar-refractivity contribution in [1.29, 1.82) is 0 Å². The van der Waals surface area contributed by atoms with Gasteiger partial charge < -0.3 is 4.57 Å². The van der Waals surface area contributed by atoms with Crippen molar-refractivity contribution in [2.45, 2.75) is 37.3 Å². The second kappa shape index (κ2) is 12.2. The summed E-state index contributed by atoms with van der Waals surface area (Å²) in [6.07, 6.45) is 4.11. The third-order valence-electron chi connectivity index (χ3n) is 10.1. The first-order chi connectivity index (χ1) is 22.7. The summed E-state index contributed by atoms with van der Waals surface area (Å²) >= 11 is 0. The number of hydrogen-bond acceptors (Lipinski definition) is 1. The Labute approximate surface area is 271 Å². The zero-order valence-electron chi connectivity index (χ0n) is 25.9. The summed E-state index contributed by atoms with van der Waals surface area (Å²) in [5.74, 6) is 0.346. The van der Waals surface area contributed by atoms with Gasteiger partial charge in [0.15, 0.2) is 0 Å². The van der Waals surface area contributed by atoms with Gasteiger partial charge in [-0.25, -0.2) is 0 Å². The summed E-state index contributed by atoms with van der Waals surface area (Å²) in [5.41, 5.74) is 6.52. The molecule has 0 amide bonds. The lowest BCUT2D eigenvalue weighted by atomic mass is 9.80. The Bertz CT molecular complexity index is 2130. The van der Waals surface area contributed by atoms with Crippen molar-refractivity contribution in [2.24, 2.45) is 0 Å². The molecule has 0 saturated heterocycles. The van der Waals surface area contributed by atoms with Crippen molar-refractivity contribution in [3.8, 4) is 22.3 Å². The van der Waals surface area contributed by atoms with Crippen LogP contribution in [0, 0.1) is 0 Å². The van der Waals surface area contributed by atoms with Gasteiger partial charge in [-0.1, -0.05) is 170 Å². The molecule has 1 aliphatic rings. The summed E-state index contributed by atoms with van der Waals surface area (Å²) in [6.45, 7) is 0.